The molecule has 1 aliphatic heterocycles. The zero-order valence-electron chi connectivity index (χ0n) is 17.5. The van der Waals surface area contributed by atoms with Gasteiger partial charge in [0.25, 0.3) is 0 Å². The molecule has 1 N–H and O–H groups in total. The fourth-order valence-electron chi connectivity index (χ4n) is 4.17. The average Bonchev–Trinajstić information content (AvgIpc) is 3.65. The second kappa shape index (κ2) is 8.64. The van der Waals surface area contributed by atoms with Crippen LogP contribution in [0.15, 0.2) is 57.9 Å². The third-order valence-corrected chi connectivity index (χ3v) is 6.59. The van der Waals surface area contributed by atoms with Crippen molar-refractivity contribution in [3.05, 3.63) is 80.3 Å². The first-order valence-corrected chi connectivity index (χ1v) is 11.6. The minimum atomic E-state index is -0.423. The molecule has 2 heterocycles. The molecule has 0 unspecified atom stereocenters. The van der Waals surface area contributed by atoms with Gasteiger partial charge >= 0.3 is 0 Å². The summed E-state index contributed by atoms with van der Waals surface area (Å²) >= 11 is 3.39. The lowest BCUT2D eigenvalue weighted by Crippen LogP contribution is -2.43. The van der Waals surface area contributed by atoms with Crippen molar-refractivity contribution < 1.29 is 9.18 Å². The molecule has 0 radical (unpaired) electrons. The Balaban J connectivity index is 1.57. The van der Waals surface area contributed by atoms with Crippen LogP contribution in [0.5, 0.6) is 0 Å². The van der Waals surface area contributed by atoms with Gasteiger partial charge in [-0.1, -0.05) is 34.1 Å². The summed E-state index contributed by atoms with van der Waals surface area (Å²) in [5, 5.41) is 3.53. The lowest BCUT2D eigenvalue weighted by atomic mass is 10.1. The van der Waals surface area contributed by atoms with Crippen molar-refractivity contribution >= 4 is 44.4 Å². The van der Waals surface area contributed by atoms with E-state index in [1.54, 1.807) is 18.3 Å². The van der Waals surface area contributed by atoms with E-state index in [0.29, 0.717) is 24.3 Å². The number of benzene rings is 2. The number of nitrogens with one attached hydrogen (secondary N) is 1. The molecule has 1 saturated heterocycles. The molecule has 0 spiro atoms. The fourth-order valence-corrected chi connectivity index (χ4v) is 4.44. The predicted octanol–water partition coefficient (Wildman–Crippen LogP) is 4.54. The maximum absolute atomic E-state index is 15.1. The molecule has 1 aliphatic carbocycles. The number of nitrogens with zero attached hydrogens (tertiary/aromatic N) is 2. The highest BCUT2D eigenvalue weighted by Gasteiger charge is 2.27. The number of hydrogen-bond donors (Lipinski definition) is 1. The van der Waals surface area contributed by atoms with Gasteiger partial charge in [0.15, 0.2) is 5.78 Å². The molecule has 0 atom stereocenters. The third kappa shape index (κ3) is 4.14. The molecule has 5 rings (SSSR count). The van der Waals surface area contributed by atoms with Crippen molar-refractivity contribution in [1.82, 2.24) is 9.88 Å². The number of allylic oxidation sites excluding steroid dienone is 1. The molecule has 0 bridgehead atoms. The van der Waals surface area contributed by atoms with E-state index in [1.165, 1.54) is 12.1 Å². The van der Waals surface area contributed by atoms with E-state index in [9.17, 15) is 9.59 Å². The van der Waals surface area contributed by atoms with E-state index in [2.05, 4.69) is 21.2 Å². The summed E-state index contributed by atoms with van der Waals surface area (Å²) in [4.78, 5) is 28.1. The van der Waals surface area contributed by atoms with Gasteiger partial charge in [-0.25, -0.2) is 4.39 Å². The van der Waals surface area contributed by atoms with Crippen LogP contribution in [-0.2, 0) is 0 Å². The molecule has 0 amide bonds. The van der Waals surface area contributed by atoms with Crippen molar-refractivity contribution in [1.29, 1.82) is 0 Å². The normalized spacial score (nSPS) is 16.8. The minimum absolute atomic E-state index is 0.0760. The topological polar surface area (TPSA) is 54.3 Å². The van der Waals surface area contributed by atoms with Crippen molar-refractivity contribution in [2.45, 2.75) is 18.9 Å². The summed E-state index contributed by atoms with van der Waals surface area (Å²) in [6.45, 7) is 3.02. The van der Waals surface area contributed by atoms with Crippen molar-refractivity contribution in [2.75, 3.05) is 31.1 Å². The molecule has 2 aliphatic rings. The van der Waals surface area contributed by atoms with Crippen LogP contribution in [0.3, 0.4) is 0 Å². The highest BCUT2D eigenvalue weighted by Crippen LogP contribution is 2.38. The van der Waals surface area contributed by atoms with E-state index < -0.39 is 11.2 Å². The first kappa shape index (κ1) is 21.1. The van der Waals surface area contributed by atoms with Gasteiger partial charge in [0.2, 0.25) is 5.43 Å². The quantitative estimate of drug-likeness (QED) is 0.416. The summed E-state index contributed by atoms with van der Waals surface area (Å²) in [5.41, 5.74) is 1.72. The Labute approximate surface area is 193 Å². The number of carbonyl (C=O) groups excluding carboxylic acids is 1. The number of ketones is 1. The number of aromatic nitrogens is 1. The molecular formula is C25H23BrFN3O2. The molecule has 1 saturated carbocycles. The summed E-state index contributed by atoms with van der Waals surface area (Å²) in [5.74, 6) is -0.797. The number of pyridine rings is 1. The van der Waals surface area contributed by atoms with Crippen LogP contribution in [0.4, 0.5) is 10.1 Å². The number of rotatable bonds is 5. The first-order chi connectivity index (χ1) is 15.5. The highest BCUT2D eigenvalue weighted by molar-refractivity contribution is 9.10. The Morgan fingerprint density at radius 1 is 1.12 bits per heavy atom. The number of hydrogen-bond acceptors (Lipinski definition) is 4. The van der Waals surface area contributed by atoms with Gasteiger partial charge in [-0.15, -0.1) is 0 Å². The number of anilines is 1. The first-order valence-electron chi connectivity index (χ1n) is 10.8. The Kier molecular flexibility index (Phi) is 5.69. The van der Waals surface area contributed by atoms with Gasteiger partial charge in [0, 0.05) is 48.3 Å². The van der Waals surface area contributed by atoms with Crippen molar-refractivity contribution in [3.8, 4) is 0 Å². The number of carbonyl (C=O) groups is 1. The molecule has 2 fully saturated rings. The molecule has 5 nitrogen and oxygen atoms in total. The second-order valence-electron chi connectivity index (χ2n) is 8.32. The molecule has 2 aromatic carbocycles. The Bertz CT molecular complexity index is 1270. The molecule has 1 aromatic heterocycles. The lowest BCUT2D eigenvalue weighted by molar-refractivity contribution is 0.104. The second-order valence-corrected chi connectivity index (χ2v) is 9.23. The van der Waals surface area contributed by atoms with E-state index in [1.807, 2.05) is 33.7 Å². The van der Waals surface area contributed by atoms with E-state index in [-0.39, 0.29) is 22.8 Å². The molecular weight excluding hydrogens is 473 g/mol. The number of halogens is 2. The van der Waals surface area contributed by atoms with Crippen LogP contribution in [0, 0.1) is 5.82 Å². The minimum Gasteiger partial charge on any atom is -0.367 e. The third-order valence-electron chi connectivity index (χ3n) is 6.06. The number of fused-ring (bicyclic) bond motifs is 1. The van der Waals surface area contributed by atoms with Gasteiger partial charge in [0.05, 0.1) is 16.8 Å². The van der Waals surface area contributed by atoms with Gasteiger partial charge < -0.3 is 14.8 Å². The van der Waals surface area contributed by atoms with Crippen LogP contribution in [0.2, 0.25) is 0 Å². The number of piperazine rings is 1. The zero-order chi connectivity index (χ0) is 22.2. The maximum Gasteiger partial charge on any atom is 0.200 e. The van der Waals surface area contributed by atoms with Crippen molar-refractivity contribution in [2.24, 2.45) is 0 Å². The summed E-state index contributed by atoms with van der Waals surface area (Å²) in [7, 11) is 0. The Hall–Kier alpha value is -2.77. The van der Waals surface area contributed by atoms with Crippen LogP contribution in [-0.4, -0.2) is 36.5 Å². The van der Waals surface area contributed by atoms with Crippen LogP contribution >= 0.6 is 15.9 Å². The monoisotopic (exact) mass is 495 g/mol. The average molecular weight is 496 g/mol. The SMILES string of the molecule is O=C(C=Cc1ccc(Br)cc1)c1cn(C2CC2)c2cc(N3CCNCC3)c(F)cc2c1=O. The van der Waals surface area contributed by atoms with E-state index >= 15 is 4.39 Å². The largest absolute Gasteiger partial charge is 0.367 e. The Morgan fingerprint density at radius 2 is 1.84 bits per heavy atom. The van der Waals surface area contributed by atoms with Gasteiger partial charge in [-0.05, 0) is 48.7 Å². The van der Waals surface area contributed by atoms with E-state index in [0.717, 1.165) is 36.0 Å². The van der Waals surface area contributed by atoms with E-state index in [4.69, 9.17) is 0 Å². The van der Waals surface area contributed by atoms with Gasteiger partial charge in [-0.3, -0.25) is 9.59 Å². The lowest BCUT2D eigenvalue weighted by Gasteiger charge is -2.30. The summed E-state index contributed by atoms with van der Waals surface area (Å²) < 4.78 is 18.0. The summed E-state index contributed by atoms with van der Waals surface area (Å²) in [6, 6.07) is 10.9. The van der Waals surface area contributed by atoms with Crippen LogP contribution in [0.25, 0.3) is 17.0 Å². The zero-order valence-corrected chi connectivity index (χ0v) is 19.1. The Morgan fingerprint density at radius 3 is 2.53 bits per heavy atom. The molecule has 7 heteroatoms. The highest BCUT2D eigenvalue weighted by atomic mass is 79.9. The standard InChI is InChI=1S/C25H23BrFN3O2/c26-17-4-1-16(2-5-17)3-8-24(31)20-15-30(18-6-7-18)22-14-23(29-11-9-28-10-12-29)21(27)13-19(22)25(20)32/h1-5,8,13-15,18,28H,6-7,9-12H2. The van der Waals surface area contributed by atoms with Crippen LogP contribution in [0.1, 0.15) is 34.8 Å². The molecule has 164 valence electrons. The van der Waals surface area contributed by atoms with Crippen molar-refractivity contribution in [3.63, 3.8) is 0 Å². The fraction of sp³-hybridized carbons (Fsp3) is 0.280. The van der Waals surface area contributed by atoms with Crippen LogP contribution < -0.4 is 15.6 Å². The summed E-state index contributed by atoms with van der Waals surface area (Å²) in [6.07, 6.45) is 6.74. The van der Waals surface area contributed by atoms with Gasteiger partial charge in [-0.2, -0.15) is 0 Å². The van der Waals surface area contributed by atoms with Gasteiger partial charge in [0.1, 0.15) is 5.82 Å². The smallest absolute Gasteiger partial charge is 0.200 e. The molecule has 3 aromatic rings. The predicted molar refractivity (Wildman–Crippen MR) is 129 cm³/mol. The molecule has 32 heavy (non-hydrogen) atoms. The maximum atomic E-state index is 15.1.